The highest BCUT2D eigenvalue weighted by molar-refractivity contribution is 7.96. The number of hydrogen-bond donors (Lipinski definition) is 0. The predicted octanol–water partition coefficient (Wildman–Crippen LogP) is 0.883. The first kappa shape index (κ1) is 16.4. The largest absolute Gasteiger partial charge is 0.339 e. The summed E-state index contributed by atoms with van der Waals surface area (Å²) in [5, 5.41) is -0.912. The van der Waals surface area contributed by atoms with Crippen molar-refractivity contribution in [2.45, 2.75) is 29.4 Å². The third kappa shape index (κ3) is 3.28. The Morgan fingerprint density at radius 3 is 2.48 bits per heavy atom. The molecule has 6 nitrogen and oxygen atoms in total. The van der Waals surface area contributed by atoms with E-state index < -0.39 is 24.9 Å². The molecule has 0 aromatic heterocycles. The molecule has 1 atom stereocenters. The maximum atomic E-state index is 12.6. The summed E-state index contributed by atoms with van der Waals surface area (Å²) < 4.78 is 48.3. The van der Waals surface area contributed by atoms with E-state index in [0.29, 0.717) is 18.7 Å². The summed E-state index contributed by atoms with van der Waals surface area (Å²) in [5.74, 6) is -0.596. The third-order valence-electron chi connectivity index (χ3n) is 4.43. The van der Waals surface area contributed by atoms with Crippen LogP contribution in [0, 0.1) is 0 Å². The number of carbonyl (C=O) groups excluding carboxylic acids is 1. The van der Waals surface area contributed by atoms with Gasteiger partial charge in [-0.3, -0.25) is 4.79 Å². The van der Waals surface area contributed by atoms with Gasteiger partial charge in [0.1, 0.15) is 0 Å². The van der Waals surface area contributed by atoms with Gasteiger partial charge in [-0.05, 0) is 37.5 Å². The van der Waals surface area contributed by atoms with E-state index in [1.165, 1.54) is 12.1 Å². The second kappa shape index (κ2) is 5.90. The number of rotatable bonds is 3. The quantitative estimate of drug-likeness (QED) is 0.801. The van der Waals surface area contributed by atoms with Crippen molar-refractivity contribution in [3.63, 3.8) is 0 Å². The number of amides is 1. The first-order chi connectivity index (χ1) is 10.8. The molecule has 2 heterocycles. The molecule has 0 aliphatic carbocycles. The van der Waals surface area contributed by atoms with Crippen LogP contribution in [0.2, 0.25) is 0 Å². The van der Waals surface area contributed by atoms with Crippen LogP contribution in [0.15, 0.2) is 29.2 Å². The van der Waals surface area contributed by atoms with E-state index >= 15 is 0 Å². The molecule has 0 spiro atoms. The Morgan fingerprint density at radius 2 is 1.87 bits per heavy atom. The lowest BCUT2D eigenvalue weighted by Gasteiger charge is -2.16. The first-order valence-electron chi connectivity index (χ1n) is 7.63. The zero-order chi connectivity index (χ0) is 16.7. The highest BCUT2D eigenvalue weighted by Gasteiger charge is 2.38. The van der Waals surface area contributed by atoms with Crippen LogP contribution in [-0.2, 0) is 19.7 Å². The molecule has 23 heavy (non-hydrogen) atoms. The minimum Gasteiger partial charge on any atom is -0.339 e. The van der Waals surface area contributed by atoms with Gasteiger partial charge in [0.25, 0.3) is 5.91 Å². The molecule has 0 bridgehead atoms. The third-order valence-corrected chi connectivity index (χ3v) is 8.60. The second-order valence-corrected chi connectivity index (χ2v) is 10.6. The van der Waals surface area contributed by atoms with Crippen molar-refractivity contribution in [1.82, 2.24) is 4.90 Å². The average molecular weight is 357 g/mol. The van der Waals surface area contributed by atoms with Gasteiger partial charge in [0.05, 0.1) is 21.7 Å². The molecular weight excluding hydrogens is 338 g/mol. The highest BCUT2D eigenvalue weighted by atomic mass is 32.2. The smallest absolute Gasteiger partial charge is 0.253 e. The van der Waals surface area contributed by atoms with Crippen molar-refractivity contribution < 1.29 is 21.6 Å². The number of carbonyl (C=O) groups is 1. The van der Waals surface area contributed by atoms with Gasteiger partial charge >= 0.3 is 0 Å². The monoisotopic (exact) mass is 357 g/mol. The van der Waals surface area contributed by atoms with Crippen LogP contribution >= 0.6 is 0 Å². The summed E-state index contributed by atoms with van der Waals surface area (Å²) in [7, 11) is -7.02. The van der Waals surface area contributed by atoms with Gasteiger partial charge in [-0.25, -0.2) is 16.8 Å². The second-order valence-electron chi connectivity index (χ2n) is 6.10. The normalized spacial score (nSPS) is 24.0. The molecule has 0 radical (unpaired) electrons. The van der Waals surface area contributed by atoms with Crippen molar-refractivity contribution in [2.24, 2.45) is 0 Å². The molecule has 0 saturated carbocycles. The maximum Gasteiger partial charge on any atom is 0.253 e. The molecule has 2 aliphatic heterocycles. The van der Waals surface area contributed by atoms with Gasteiger partial charge in [-0.1, -0.05) is 6.07 Å². The Labute approximate surface area is 136 Å². The lowest BCUT2D eigenvalue weighted by molar-refractivity contribution is 0.0792. The molecule has 2 saturated heterocycles. The highest BCUT2D eigenvalue weighted by Crippen LogP contribution is 2.26. The Bertz CT molecular complexity index is 823. The van der Waals surface area contributed by atoms with Crippen LogP contribution in [0.3, 0.4) is 0 Å². The summed E-state index contributed by atoms with van der Waals surface area (Å²) in [6.07, 6.45) is 2.04. The number of nitrogens with zero attached hydrogens (tertiary/aromatic N) is 1. The van der Waals surface area contributed by atoms with Crippen molar-refractivity contribution in [2.75, 3.05) is 24.6 Å². The van der Waals surface area contributed by atoms with Crippen molar-refractivity contribution >= 4 is 25.6 Å². The van der Waals surface area contributed by atoms with E-state index in [0.717, 1.165) is 12.8 Å². The summed E-state index contributed by atoms with van der Waals surface area (Å²) in [6, 6.07) is 5.95. The molecule has 1 aromatic carbocycles. The lowest BCUT2D eigenvalue weighted by atomic mass is 10.2. The van der Waals surface area contributed by atoms with Gasteiger partial charge in [-0.2, -0.15) is 0 Å². The fourth-order valence-corrected chi connectivity index (χ4v) is 7.51. The molecule has 2 aliphatic rings. The number of sulfone groups is 2. The standard InChI is InChI=1S/C15H19NO5S2/c17-15(16-7-1-2-8-16)12-4-3-5-13(10-12)23(20,21)14-6-9-22(18,19)11-14/h3-5,10,14H,1-2,6-9,11H2. The first-order valence-corrected chi connectivity index (χ1v) is 11.0. The number of benzene rings is 1. The lowest BCUT2D eigenvalue weighted by Crippen LogP contribution is -2.28. The van der Waals surface area contributed by atoms with Gasteiger partial charge in [0.15, 0.2) is 19.7 Å². The number of hydrogen-bond acceptors (Lipinski definition) is 5. The molecule has 126 valence electrons. The average Bonchev–Trinajstić information content (AvgIpc) is 3.16. The van der Waals surface area contributed by atoms with Gasteiger partial charge < -0.3 is 4.90 Å². The zero-order valence-electron chi connectivity index (χ0n) is 12.6. The molecule has 2 fully saturated rings. The SMILES string of the molecule is O=C(c1cccc(S(=O)(=O)C2CCS(=O)(=O)C2)c1)N1CCCC1. The van der Waals surface area contributed by atoms with Gasteiger partial charge in [-0.15, -0.1) is 0 Å². The minimum absolute atomic E-state index is 0.0321. The van der Waals surface area contributed by atoms with E-state index in [9.17, 15) is 21.6 Å². The topological polar surface area (TPSA) is 88.6 Å². The predicted molar refractivity (Wildman–Crippen MR) is 85.8 cm³/mol. The van der Waals surface area contributed by atoms with Crippen molar-refractivity contribution in [3.05, 3.63) is 29.8 Å². The van der Waals surface area contributed by atoms with E-state index in [4.69, 9.17) is 0 Å². The Morgan fingerprint density at radius 1 is 1.17 bits per heavy atom. The number of likely N-dealkylation sites (tertiary alicyclic amines) is 1. The zero-order valence-corrected chi connectivity index (χ0v) is 14.3. The maximum absolute atomic E-state index is 12.6. The molecular formula is C15H19NO5S2. The minimum atomic E-state index is -3.74. The summed E-state index contributed by atoms with van der Waals surface area (Å²) >= 11 is 0. The fraction of sp³-hybridized carbons (Fsp3) is 0.533. The molecule has 0 N–H and O–H groups in total. The van der Waals surface area contributed by atoms with Crippen LogP contribution in [0.1, 0.15) is 29.6 Å². The van der Waals surface area contributed by atoms with Crippen molar-refractivity contribution in [1.29, 1.82) is 0 Å². The van der Waals surface area contributed by atoms with E-state index in [-0.39, 0.29) is 28.7 Å². The van der Waals surface area contributed by atoms with Crippen LogP contribution in [0.5, 0.6) is 0 Å². The summed E-state index contributed by atoms with van der Waals surface area (Å²) in [5.41, 5.74) is 0.342. The summed E-state index contributed by atoms with van der Waals surface area (Å²) in [6.45, 7) is 1.38. The molecule has 1 aromatic rings. The Hall–Kier alpha value is -1.41. The van der Waals surface area contributed by atoms with Crippen LogP contribution < -0.4 is 0 Å². The molecule has 1 unspecified atom stereocenters. The molecule has 1 amide bonds. The Kier molecular flexibility index (Phi) is 4.22. The van der Waals surface area contributed by atoms with Crippen LogP contribution in [0.4, 0.5) is 0 Å². The fourth-order valence-electron chi connectivity index (χ4n) is 3.11. The summed E-state index contributed by atoms with van der Waals surface area (Å²) in [4.78, 5) is 14.1. The van der Waals surface area contributed by atoms with E-state index in [1.54, 1.807) is 17.0 Å². The van der Waals surface area contributed by atoms with E-state index in [2.05, 4.69) is 0 Å². The van der Waals surface area contributed by atoms with Gasteiger partial charge in [0.2, 0.25) is 0 Å². The van der Waals surface area contributed by atoms with Crippen LogP contribution in [0.25, 0.3) is 0 Å². The molecule has 8 heteroatoms. The van der Waals surface area contributed by atoms with Gasteiger partial charge in [0, 0.05) is 18.7 Å². The molecule has 3 rings (SSSR count). The Balaban J connectivity index is 1.88. The van der Waals surface area contributed by atoms with E-state index in [1.807, 2.05) is 0 Å². The van der Waals surface area contributed by atoms with Crippen molar-refractivity contribution in [3.8, 4) is 0 Å². The van der Waals surface area contributed by atoms with Crippen LogP contribution in [-0.4, -0.2) is 57.5 Å².